The van der Waals surface area contributed by atoms with Crippen molar-refractivity contribution in [2.75, 3.05) is 13.2 Å². The molecule has 0 saturated heterocycles. The number of nitrogens with zero attached hydrogens (tertiary/aromatic N) is 4. The van der Waals surface area contributed by atoms with Gasteiger partial charge in [-0.1, -0.05) is 12.1 Å². The quantitative estimate of drug-likeness (QED) is 0.313. The molecular formula is C21H20N4O4. The number of hydrogen-bond acceptors (Lipinski definition) is 7. The topological polar surface area (TPSA) is 98.5 Å². The minimum atomic E-state index is -0.518. The summed E-state index contributed by atoms with van der Waals surface area (Å²) in [5.41, 5.74) is 2.02. The number of non-ortho nitro benzene ring substituents is 1. The van der Waals surface area contributed by atoms with E-state index < -0.39 is 10.9 Å². The van der Waals surface area contributed by atoms with E-state index >= 15 is 0 Å². The van der Waals surface area contributed by atoms with Crippen LogP contribution in [0.15, 0.2) is 73.1 Å². The first-order valence-electron chi connectivity index (χ1n) is 9.05. The molecule has 0 spiro atoms. The zero-order valence-corrected chi connectivity index (χ0v) is 15.7. The van der Waals surface area contributed by atoms with Crippen molar-refractivity contribution in [3.8, 4) is 0 Å². The molecule has 8 nitrogen and oxygen atoms in total. The summed E-state index contributed by atoms with van der Waals surface area (Å²) in [4.78, 5) is 33.2. The van der Waals surface area contributed by atoms with Crippen molar-refractivity contribution in [3.05, 3.63) is 100 Å². The van der Waals surface area contributed by atoms with Crippen molar-refractivity contribution in [1.82, 2.24) is 14.9 Å². The number of nitro groups is 1. The highest BCUT2D eigenvalue weighted by atomic mass is 16.6. The van der Waals surface area contributed by atoms with Crippen LogP contribution in [0.3, 0.4) is 0 Å². The number of esters is 1. The molecular weight excluding hydrogens is 372 g/mol. The van der Waals surface area contributed by atoms with Crippen LogP contribution in [-0.2, 0) is 17.8 Å². The Morgan fingerprint density at radius 1 is 0.931 bits per heavy atom. The predicted molar refractivity (Wildman–Crippen MR) is 106 cm³/mol. The van der Waals surface area contributed by atoms with Gasteiger partial charge >= 0.3 is 5.97 Å². The molecule has 0 fully saturated rings. The van der Waals surface area contributed by atoms with Crippen molar-refractivity contribution in [2.24, 2.45) is 0 Å². The Bertz CT molecular complexity index is 892. The number of nitro benzene ring substituents is 1. The number of hydrogen-bond donors (Lipinski definition) is 0. The molecule has 3 aromatic rings. The first-order valence-corrected chi connectivity index (χ1v) is 9.05. The second-order valence-corrected chi connectivity index (χ2v) is 6.29. The van der Waals surface area contributed by atoms with Gasteiger partial charge in [0.05, 0.1) is 21.9 Å². The summed E-state index contributed by atoms with van der Waals surface area (Å²) >= 11 is 0. The third kappa shape index (κ3) is 6.18. The molecule has 29 heavy (non-hydrogen) atoms. The maximum absolute atomic E-state index is 12.2. The fourth-order valence-corrected chi connectivity index (χ4v) is 2.73. The largest absolute Gasteiger partial charge is 0.461 e. The van der Waals surface area contributed by atoms with E-state index in [2.05, 4.69) is 14.9 Å². The van der Waals surface area contributed by atoms with E-state index in [9.17, 15) is 14.9 Å². The van der Waals surface area contributed by atoms with Crippen LogP contribution >= 0.6 is 0 Å². The van der Waals surface area contributed by atoms with Crippen LogP contribution in [0.1, 0.15) is 21.7 Å². The minimum Gasteiger partial charge on any atom is -0.461 e. The molecule has 2 heterocycles. The maximum Gasteiger partial charge on any atom is 0.338 e. The van der Waals surface area contributed by atoms with E-state index in [0.717, 1.165) is 11.4 Å². The van der Waals surface area contributed by atoms with Gasteiger partial charge in [0.2, 0.25) is 0 Å². The third-order valence-electron chi connectivity index (χ3n) is 4.18. The highest BCUT2D eigenvalue weighted by Gasteiger charge is 2.13. The van der Waals surface area contributed by atoms with Gasteiger partial charge in [0.25, 0.3) is 5.69 Å². The summed E-state index contributed by atoms with van der Waals surface area (Å²) in [7, 11) is 0. The molecule has 0 aliphatic carbocycles. The van der Waals surface area contributed by atoms with Gasteiger partial charge in [0.1, 0.15) is 6.61 Å². The monoisotopic (exact) mass is 392 g/mol. The highest BCUT2D eigenvalue weighted by Crippen LogP contribution is 2.13. The molecule has 0 atom stereocenters. The molecule has 1 aromatic carbocycles. The lowest BCUT2D eigenvalue weighted by Crippen LogP contribution is -2.28. The molecule has 0 bridgehead atoms. The summed E-state index contributed by atoms with van der Waals surface area (Å²) in [5, 5.41) is 10.7. The SMILES string of the molecule is O=C(OCCN(Cc1ccccn1)Cc1ccccn1)c1ccc([N+](=O)[O-])cc1. The average Bonchev–Trinajstić information content (AvgIpc) is 2.75. The van der Waals surface area contributed by atoms with Crippen molar-refractivity contribution >= 4 is 11.7 Å². The van der Waals surface area contributed by atoms with Crippen LogP contribution in [0.5, 0.6) is 0 Å². The minimum absolute atomic E-state index is 0.0709. The molecule has 3 rings (SSSR count). The first-order chi connectivity index (χ1) is 14.1. The summed E-state index contributed by atoms with van der Waals surface area (Å²) in [6.45, 7) is 1.85. The summed E-state index contributed by atoms with van der Waals surface area (Å²) in [6.07, 6.45) is 3.48. The van der Waals surface area contributed by atoms with Crippen LogP contribution in [0.4, 0.5) is 5.69 Å². The van der Waals surface area contributed by atoms with Crippen LogP contribution in [0.25, 0.3) is 0 Å². The average molecular weight is 392 g/mol. The lowest BCUT2D eigenvalue weighted by Gasteiger charge is -2.21. The van der Waals surface area contributed by atoms with Gasteiger partial charge < -0.3 is 4.74 Å². The Hall–Kier alpha value is -3.65. The van der Waals surface area contributed by atoms with Crippen LogP contribution in [0, 0.1) is 10.1 Å². The molecule has 148 valence electrons. The smallest absolute Gasteiger partial charge is 0.338 e. The maximum atomic E-state index is 12.2. The van der Waals surface area contributed by atoms with E-state index in [1.54, 1.807) is 12.4 Å². The predicted octanol–water partition coefficient (Wildman–Crippen LogP) is 3.24. The van der Waals surface area contributed by atoms with Crippen molar-refractivity contribution < 1.29 is 14.5 Å². The molecule has 8 heteroatoms. The number of carbonyl (C=O) groups excluding carboxylic acids is 1. The van der Waals surface area contributed by atoms with Gasteiger partial charge in [-0.05, 0) is 36.4 Å². The first kappa shape index (κ1) is 20.1. The van der Waals surface area contributed by atoms with E-state index in [0.29, 0.717) is 19.6 Å². The lowest BCUT2D eigenvalue weighted by molar-refractivity contribution is -0.384. The molecule has 0 aliphatic rings. The van der Waals surface area contributed by atoms with Crippen molar-refractivity contribution in [2.45, 2.75) is 13.1 Å². The van der Waals surface area contributed by atoms with Crippen molar-refractivity contribution in [3.63, 3.8) is 0 Å². The Labute approximate surface area is 167 Å². The molecule has 0 unspecified atom stereocenters. The van der Waals surface area contributed by atoms with Gasteiger partial charge in [-0.25, -0.2) is 4.79 Å². The van der Waals surface area contributed by atoms with E-state index in [-0.39, 0.29) is 17.9 Å². The summed E-state index contributed by atoms with van der Waals surface area (Å²) < 4.78 is 5.34. The third-order valence-corrected chi connectivity index (χ3v) is 4.18. The standard InChI is InChI=1S/C21H20N4O4/c26-21(17-7-9-20(10-8-17)25(27)28)29-14-13-24(15-18-5-1-3-11-22-18)16-19-6-2-4-12-23-19/h1-12H,13-16H2. The Balaban J connectivity index is 1.58. The molecule has 0 N–H and O–H groups in total. The Kier molecular flexibility index (Phi) is 6.96. The number of benzene rings is 1. The fourth-order valence-electron chi connectivity index (χ4n) is 2.73. The number of ether oxygens (including phenoxy) is 1. The Morgan fingerprint density at radius 3 is 2.00 bits per heavy atom. The number of carbonyl (C=O) groups is 1. The molecule has 0 radical (unpaired) electrons. The van der Waals surface area contributed by atoms with Gasteiger partial charge in [0, 0.05) is 44.2 Å². The number of aromatic nitrogens is 2. The fraction of sp³-hybridized carbons (Fsp3) is 0.190. The summed E-state index contributed by atoms with van der Waals surface area (Å²) in [5.74, 6) is -0.518. The number of rotatable bonds is 9. The second-order valence-electron chi connectivity index (χ2n) is 6.29. The highest BCUT2D eigenvalue weighted by molar-refractivity contribution is 5.89. The van der Waals surface area contributed by atoms with Crippen molar-refractivity contribution in [1.29, 1.82) is 0 Å². The van der Waals surface area contributed by atoms with Crippen LogP contribution in [0.2, 0.25) is 0 Å². The van der Waals surface area contributed by atoms with Gasteiger partial charge in [-0.3, -0.25) is 25.0 Å². The summed E-state index contributed by atoms with van der Waals surface area (Å²) in [6, 6.07) is 16.8. The zero-order chi connectivity index (χ0) is 20.5. The van der Waals surface area contributed by atoms with Crippen LogP contribution < -0.4 is 0 Å². The molecule has 0 aliphatic heterocycles. The van der Waals surface area contributed by atoms with Gasteiger partial charge in [-0.15, -0.1) is 0 Å². The van der Waals surface area contributed by atoms with Gasteiger partial charge in [0.15, 0.2) is 0 Å². The van der Waals surface area contributed by atoms with E-state index in [1.807, 2.05) is 36.4 Å². The van der Waals surface area contributed by atoms with E-state index in [4.69, 9.17) is 4.74 Å². The Morgan fingerprint density at radius 2 is 1.52 bits per heavy atom. The van der Waals surface area contributed by atoms with Gasteiger partial charge in [-0.2, -0.15) is 0 Å². The zero-order valence-electron chi connectivity index (χ0n) is 15.7. The number of pyridine rings is 2. The lowest BCUT2D eigenvalue weighted by atomic mass is 10.2. The molecule has 2 aromatic heterocycles. The normalized spacial score (nSPS) is 10.7. The van der Waals surface area contributed by atoms with Crippen LogP contribution in [-0.4, -0.2) is 38.9 Å². The molecule has 0 amide bonds. The van der Waals surface area contributed by atoms with E-state index in [1.165, 1.54) is 24.3 Å². The second kappa shape index (κ2) is 10.0. The molecule has 0 saturated carbocycles.